The van der Waals surface area contributed by atoms with Gasteiger partial charge in [0.05, 0.1) is 6.04 Å². The summed E-state index contributed by atoms with van der Waals surface area (Å²) in [6, 6.07) is -0.408. The van der Waals surface area contributed by atoms with Gasteiger partial charge >= 0.3 is 0 Å². The van der Waals surface area contributed by atoms with Gasteiger partial charge in [0.2, 0.25) is 5.95 Å². The molecule has 1 aliphatic heterocycles. The maximum absolute atomic E-state index is 11.4. The first-order valence-electron chi connectivity index (χ1n) is 4.06. The third kappa shape index (κ3) is 1.28. The van der Waals surface area contributed by atoms with Crippen LogP contribution in [0.2, 0.25) is 0 Å². The lowest BCUT2D eigenvalue weighted by Crippen LogP contribution is -2.38. The number of anilines is 3. The Morgan fingerprint density at radius 1 is 1.57 bits per heavy atom. The largest absolute Gasteiger partial charge is 0.369 e. The second-order valence-electron chi connectivity index (χ2n) is 2.94. The van der Waals surface area contributed by atoms with Crippen LogP contribution in [0, 0.1) is 0 Å². The average Bonchev–Trinajstić information content (AvgIpc) is 2.17. The van der Waals surface area contributed by atoms with Crippen LogP contribution in [0.15, 0.2) is 4.79 Å². The zero-order valence-electron chi connectivity index (χ0n) is 7.20. The van der Waals surface area contributed by atoms with Crippen molar-refractivity contribution in [1.82, 2.24) is 9.97 Å². The molecule has 0 aromatic carbocycles. The molecule has 0 radical (unpaired) electrons. The van der Waals surface area contributed by atoms with Gasteiger partial charge in [-0.25, -0.2) is 0 Å². The summed E-state index contributed by atoms with van der Waals surface area (Å²) in [5, 5.41) is 5.59. The number of aromatic nitrogens is 2. The number of fused-ring (bicyclic) bond motifs is 1. The number of nitrogen functional groups attached to an aromatic ring is 1. The van der Waals surface area contributed by atoms with E-state index in [1.54, 1.807) is 0 Å². The van der Waals surface area contributed by atoms with Gasteiger partial charge in [0.1, 0.15) is 12.0 Å². The van der Waals surface area contributed by atoms with Gasteiger partial charge in [-0.3, -0.25) is 9.78 Å². The number of hydrogen-bond donors (Lipinski definition) is 4. The van der Waals surface area contributed by atoms with Gasteiger partial charge < -0.3 is 21.2 Å². The van der Waals surface area contributed by atoms with E-state index in [4.69, 9.17) is 5.73 Å². The van der Waals surface area contributed by atoms with Crippen LogP contribution in [0.3, 0.4) is 0 Å². The van der Waals surface area contributed by atoms with E-state index in [-0.39, 0.29) is 17.2 Å². The first-order chi connectivity index (χ1) is 6.70. The lowest BCUT2D eigenvalue weighted by Gasteiger charge is -2.22. The van der Waals surface area contributed by atoms with Gasteiger partial charge in [-0.15, -0.1) is 0 Å². The summed E-state index contributed by atoms with van der Waals surface area (Å²) in [6.07, 6.45) is 0.728. The topological polar surface area (TPSA) is 113 Å². The molecule has 1 atom stereocenters. The Labute approximate surface area is 78.7 Å². The highest BCUT2D eigenvalue weighted by atomic mass is 16.1. The van der Waals surface area contributed by atoms with E-state index in [0.717, 1.165) is 6.29 Å². The summed E-state index contributed by atoms with van der Waals surface area (Å²) in [5.74, 6) is 0.428. The summed E-state index contributed by atoms with van der Waals surface area (Å²) >= 11 is 0. The van der Waals surface area contributed by atoms with E-state index in [1.165, 1.54) is 0 Å². The number of nitrogens with two attached hydrogens (primary N) is 1. The van der Waals surface area contributed by atoms with Gasteiger partial charge in [-0.1, -0.05) is 0 Å². The van der Waals surface area contributed by atoms with Crippen LogP contribution in [0.1, 0.15) is 0 Å². The van der Waals surface area contributed by atoms with Crippen LogP contribution in [-0.2, 0) is 4.79 Å². The highest BCUT2D eigenvalue weighted by molar-refractivity contribution is 5.74. The van der Waals surface area contributed by atoms with Crippen molar-refractivity contribution >= 4 is 23.7 Å². The third-order valence-corrected chi connectivity index (χ3v) is 1.92. The maximum Gasteiger partial charge on any atom is 0.277 e. The van der Waals surface area contributed by atoms with Gasteiger partial charge in [-0.05, 0) is 0 Å². The molecule has 2 rings (SSSR count). The quantitative estimate of drug-likeness (QED) is 0.417. The molecule has 0 saturated heterocycles. The highest BCUT2D eigenvalue weighted by Gasteiger charge is 2.20. The predicted octanol–water partition coefficient (Wildman–Crippen LogP) is -1.24. The average molecular weight is 195 g/mol. The van der Waals surface area contributed by atoms with E-state index in [0.29, 0.717) is 12.4 Å². The minimum Gasteiger partial charge on any atom is -0.369 e. The van der Waals surface area contributed by atoms with Crippen molar-refractivity contribution in [3.8, 4) is 0 Å². The van der Waals surface area contributed by atoms with E-state index >= 15 is 0 Å². The lowest BCUT2D eigenvalue weighted by molar-refractivity contribution is -0.108. The van der Waals surface area contributed by atoms with E-state index < -0.39 is 6.04 Å². The van der Waals surface area contributed by atoms with Crippen molar-refractivity contribution in [2.45, 2.75) is 6.04 Å². The fourth-order valence-corrected chi connectivity index (χ4v) is 1.28. The molecule has 0 spiro atoms. The minimum atomic E-state index is -0.408. The molecule has 0 bridgehead atoms. The number of rotatable bonds is 1. The standard InChI is InChI=1S/C7H9N5O2/c8-7-11-5-4(6(14)12-7)10-3(2-13)1-9-5/h2-3,10H,1H2,(H4,8,9,11,12,14)/t3-/m0/s1. The Hall–Kier alpha value is -2.05. The van der Waals surface area contributed by atoms with E-state index in [1.807, 2.05) is 0 Å². The number of nitrogens with one attached hydrogen (secondary N) is 3. The number of carbonyl (C=O) groups excluding carboxylic acids is 1. The van der Waals surface area contributed by atoms with E-state index in [2.05, 4.69) is 20.6 Å². The molecule has 1 aromatic heterocycles. The molecule has 0 unspecified atom stereocenters. The van der Waals surface area contributed by atoms with Crippen LogP contribution in [0.5, 0.6) is 0 Å². The summed E-state index contributed by atoms with van der Waals surface area (Å²) < 4.78 is 0. The number of hydrogen-bond acceptors (Lipinski definition) is 6. The van der Waals surface area contributed by atoms with Gasteiger partial charge in [-0.2, -0.15) is 4.98 Å². The zero-order chi connectivity index (χ0) is 10.1. The van der Waals surface area contributed by atoms with Gasteiger partial charge in [0.15, 0.2) is 5.82 Å². The second kappa shape index (κ2) is 3.02. The molecule has 0 saturated carbocycles. The molecule has 2 heterocycles. The zero-order valence-corrected chi connectivity index (χ0v) is 7.20. The lowest BCUT2D eigenvalue weighted by atomic mass is 10.2. The van der Waals surface area contributed by atoms with Crippen LogP contribution in [0.4, 0.5) is 17.5 Å². The Balaban J connectivity index is 2.47. The third-order valence-electron chi connectivity index (χ3n) is 1.92. The van der Waals surface area contributed by atoms with Crippen LogP contribution >= 0.6 is 0 Å². The second-order valence-corrected chi connectivity index (χ2v) is 2.94. The molecule has 7 nitrogen and oxygen atoms in total. The molecule has 5 N–H and O–H groups in total. The minimum absolute atomic E-state index is 0.0487. The molecule has 1 aromatic rings. The molecule has 1 aliphatic rings. The maximum atomic E-state index is 11.4. The number of aldehydes is 1. The summed E-state index contributed by atoms with van der Waals surface area (Å²) in [4.78, 5) is 28.1. The number of nitrogens with zero attached hydrogens (tertiary/aromatic N) is 1. The molecular weight excluding hydrogens is 186 g/mol. The highest BCUT2D eigenvalue weighted by Crippen LogP contribution is 2.18. The smallest absolute Gasteiger partial charge is 0.277 e. The van der Waals surface area contributed by atoms with Crippen LogP contribution in [-0.4, -0.2) is 28.8 Å². The predicted molar refractivity (Wildman–Crippen MR) is 51.2 cm³/mol. The molecule has 0 amide bonds. The summed E-state index contributed by atoms with van der Waals surface area (Å²) in [6.45, 7) is 0.395. The fraction of sp³-hybridized carbons (Fsp3) is 0.286. The first-order valence-corrected chi connectivity index (χ1v) is 4.06. The van der Waals surface area contributed by atoms with Crippen molar-refractivity contribution in [2.24, 2.45) is 0 Å². The van der Waals surface area contributed by atoms with Gasteiger partial charge in [0, 0.05) is 6.54 Å². The van der Waals surface area contributed by atoms with Crippen molar-refractivity contribution < 1.29 is 4.79 Å². The molecule has 0 fully saturated rings. The first kappa shape index (κ1) is 8.54. The fourth-order valence-electron chi connectivity index (χ4n) is 1.28. The Kier molecular flexibility index (Phi) is 1.84. The van der Waals surface area contributed by atoms with Crippen LogP contribution < -0.4 is 21.9 Å². The molecule has 14 heavy (non-hydrogen) atoms. The Morgan fingerprint density at radius 2 is 2.36 bits per heavy atom. The number of carbonyl (C=O) groups is 1. The Morgan fingerprint density at radius 3 is 3.07 bits per heavy atom. The van der Waals surface area contributed by atoms with Crippen molar-refractivity contribution in [3.05, 3.63) is 10.4 Å². The van der Waals surface area contributed by atoms with Crippen molar-refractivity contribution in [2.75, 3.05) is 22.9 Å². The molecular formula is C7H9N5O2. The van der Waals surface area contributed by atoms with Crippen molar-refractivity contribution in [1.29, 1.82) is 0 Å². The summed E-state index contributed by atoms with van der Waals surface area (Å²) in [7, 11) is 0. The normalized spacial score (nSPS) is 19.0. The molecule has 74 valence electrons. The van der Waals surface area contributed by atoms with Crippen LogP contribution in [0.25, 0.3) is 0 Å². The Bertz CT molecular complexity index is 427. The van der Waals surface area contributed by atoms with Gasteiger partial charge in [0.25, 0.3) is 5.56 Å². The van der Waals surface area contributed by atoms with E-state index in [9.17, 15) is 9.59 Å². The SMILES string of the molecule is Nc1nc2c(c(=O)[nH]1)N[C@H](C=O)CN2. The molecule has 0 aliphatic carbocycles. The number of H-pyrrole nitrogens is 1. The molecule has 7 heteroatoms. The van der Waals surface area contributed by atoms with Crippen molar-refractivity contribution in [3.63, 3.8) is 0 Å². The number of aromatic amines is 1. The summed E-state index contributed by atoms with van der Waals surface area (Å²) in [5.41, 5.74) is 5.22. The monoisotopic (exact) mass is 195 g/mol.